The molecular formula is C33H29Cl2NTi. The van der Waals surface area contributed by atoms with Gasteiger partial charge in [0.2, 0.25) is 0 Å². The molecule has 0 bridgehead atoms. The second kappa shape index (κ2) is 9.42. The molecule has 1 nitrogen and oxygen atoms in total. The van der Waals surface area contributed by atoms with Crippen LogP contribution in [-0.4, -0.2) is 0 Å². The Labute approximate surface area is 230 Å². The molecule has 1 aliphatic carbocycles. The van der Waals surface area contributed by atoms with E-state index in [4.69, 9.17) is 22.8 Å². The van der Waals surface area contributed by atoms with Gasteiger partial charge in [-0.25, -0.2) is 0 Å². The van der Waals surface area contributed by atoms with Crippen LogP contribution in [0.15, 0.2) is 91.0 Å². The third-order valence-corrected chi connectivity index (χ3v) is 10.5. The van der Waals surface area contributed by atoms with Crippen molar-refractivity contribution in [3.63, 3.8) is 0 Å². The summed E-state index contributed by atoms with van der Waals surface area (Å²) < 4.78 is 7.05. The fraction of sp³-hybridized carbons (Fsp3) is 0.152. The van der Waals surface area contributed by atoms with Gasteiger partial charge in [0.1, 0.15) is 0 Å². The number of halogens is 2. The standard InChI is InChI=1S/C33H27.2ClH.H2N.Ti/c1-20-17-18-25(22(3)21(20)2)32-23(4)31(19-24-11-5-6-12-26(24)32)33-29-15-9-7-13-27(29)28-14-8-10-16-30(28)33;;;;/h5-19,33H,4H2,1-3H3;2*1H;1H2;/q;;;-1;+3/p-2. The number of rotatable bonds is 4. The van der Waals surface area contributed by atoms with Crippen LogP contribution in [0.25, 0.3) is 33.0 Å². The molecule has 0 aromatic heterocycles. The van der Waals surface area contributed by atoms with Crippen LogP contribution in [0.1, 0.15) is 44.9 Å². The van der Waals surface area contributed by atoms with Crippen molar-refractivity contribution in [2.75, 3.05) is 0 Å². The van der Waals surface area contributed by atoms with Gasteiger partial charge in [-0.05, 0) is 0 Å². The molecule has 4 heteroatoms. The third-order valence-electron chi connectivity index (χ3n) is 8.08. The average Bonchev–Trinajstić information content (AvgIpc) is 3.21. The molecule has 0 fully saturated rings. The minimum atomic E-state index is -3.58. The monoisotopic (exact) mass is 557 g/mol. The van der Waals surface area contributed by atoms with Crippen LogP contribution in [-0.2, 0) is 19.4 Å². The fourth-order valence-corrected chi connectivity index (χ4v) is 8.55. The zero-order valence-electron chi connectivity index (χ0n) is 21.3. The first kappa shape index (κ1) is 24.9. The SMILES string of the molecule is Cc1ccc(-c2c([CH2][Ti]([NH2])([Cl])[Cl])c(C3c4ccccc4-c4ccccc43)cc3ccccc23)c(C)c1C. The van der Waals surface area contributed by atoms with Crippen molar-refractivity contribution < 1.29 is 14.7 Å². The van der Waals surface area contributed by atoms with E-state index < -0.39 is 14.7 Å². The summed E-state index contributed by atoms with van der Waals surface area (Å²) in [6, 6.07) is 33.0. The van der Waals surface area contributed by atoms with Gasteiger partial charge in [-0.2, -0.15) is 0 Å². The van der Waals surface area contributed by atoms with Gasteiger partial charge in [-0.15, -0.1) is 0 Å². The predicted molar refractivity (Wildman–Crippen MR) is 156 cm³/mol. The normalized spacial score (nSPS) is 13.1. The van der Waals surface area contributed by atoms with Crippen molar-refractivity contribution in [2.24, 2.45) is 4.22 Å². The van der Waals surface area contributed by atoms with Gasteiger partial charge in [-0.3, -0.25) is 0 Å². The average molecular weight is 558 g/mol. The van der Waals surface area contributed by atoms with E-state index in [-0.39, 0.29) is 5.92 Å². The van der Waals surface area contributed by atoms with Crippen molar-refractivity contribution in [1.29, 1.82) is 0 Å². The first-order valence-corrected chi connectivity index (χ1v) is 19.0. The van der Waals surface area contributed by atoms with Crippen molar-refractivity contribution in [3.05, 3.63) is 130 Å². The zero-order chi connectivity index (χ0) is 25.9. The molecule has 0 saturated carbocycles. The predicted octanol–water partition coefficient (Wildman–Crippen LogP) is 9.43. The summed E-state index contributed by atoms with van der Waals surface area (Å²) in [4.78, 5) is 0. The first-order chi connectivity index (χ1) is 17.7. The number of benzene rings is 5. The number of nitrogens with two attached hydrogens (primary N) is 1. The summed E-state index contributed by atoms with van der Waals surface area (Å²) in [6.45, 7) is 6.60. The van der Waals surface area contributed by atoms with Gasteiger partial charge in [-0.1, -0.05) is 0 Å². The van der Waals surface area contributed by atoms with Crippen LogP contribution in [0.2, 0.25) is 0 Å². The van der Waals surface area contributed by atoms with Crippen LogP contribution in [0, 0.1) is 20.8 Å². The van der Waals surface area contributed by atoms with Gasteiger partial charge in [0.05, 0.1) is 0 Å². The molecule has 0 radical (unpaired) electrons. The minimum absolute atomic E-state index is 0.0932. The molecule has 0 unspecified atom stereocenters. The maximum absolute atomic E-state index is 6.78. The maximum atomic E-state index is 6.78. The summed E-state index contributed by atoms with van der Waals surface area (Å²) in [5.41, 5.74) is 14.0. The molecular weight excluding hydrogens is 529 g/mol. The summed E-state index contributed by atoms with van der Waals surface area (Å²) in [6.07, 6.45) is 0. The zero-order valence-corrected chi connectivity index (χ0v) is 24.4. The molecule has 6 rings (SSSR count). The Morgan fingerprint density at radius 2 is 1.27 bits per heavy atom. The number of fused-ring (bicyclic) bond motifs is 4. The van der Waals surface area contributed by atoms with Crippen molar-refractivity contribution in [3.8, 4) is 22.3 Å². The molecule has 5 aromatic carbocycles. The molecule has 0 spiro atoms. The van der Waals surface area contributed by atoms with E-state index >= 15 is 0 Å². The summed E-state index contributed by atoms with van der Waals surface area (Å²) in [5.74, 6) is 0.0932. The second-order valence-electron chi connectivity index (χ2n) is 10.3. The van der Waals surface area contributed by atoms with Crippen LogP contribution < -0.4 is 4.22 Å². The van der Waals surface area contributed by atoms with Gasteiger partial charge in [0.25, 0.3) is 0 Å². The van der Waals surface area contributed by atoms with E-state index in [1.165, 1.54) is 72.0 Å². The van der Waals surface area contributed by atoms with E-state index in [0.717, 1.165) is 0 Å². The number of aryl methyl sites for hydroxylation is 1. The third kappa shape index (κ3) is 4.28. The van der Waals surface area contributed by atoms with Crippen molar-refractivity contribution in [2.45, 2.75) is 31.4 Å². The number of hydrogen-bond donors (Lipinski definition) is 1. The Morgan fingerprint density at radius 1 is 0.676 bits per heavy atom. The van der Waals surface area contributed by atoms with Gasteiger partial charge >= 0.3 is 232 Å². The molecule has 5 aromatic rings. The van der Waals surface area contributed by atoms with Gasteiger partial charge in [0, 0.05) is 0 Å². The Hall–Kier alpha value is -2.39. The van der Waals surface area contributed by atoms with E-state index in [2.05, 4.69) is 112 Å². The van der Waals surface area contributed by atoms with Crippen LogP contribution >= 0.6 is 18.6 Å². The molecule has 0 amide bonds. The summed E-state index contributed by atoms with van der Waals surface area (Å²) in [5, 5.41) is 2.43. The molecule has 2 N–H and O–H groups in total. The quantitative estimate of drug-likeness (QED) is 0.214. The van der Waals surface area contributed by atoms with Crippen LogP contribution in [0.3, 0.4) is 0 Å². The Bertz CT molecular complexity index is 1640. The van der Waals surface area contributed by atoms with Crippen LogP contribution in [0.5, 0.6) is 0 Å². The Balaban J connectivity index is 1.76. The van der Waals surface area contributed by atoms with Gasteiger partial charge in [0.15, 0.2) is 0 Å². The molecule has 0 atom stereocenters. The topological polar surface area (TPSA) is 26.0 Å². The molecule has 0 aliphatic heterocycles. The van der Waals surface area contributed by atoms with E-state index in [9.17, 15) is 0 Å². The Morgan fingerprint density at radius 3 is 1.92 bits per heavy atom. The van der Waals surface area contributed by atoms with E-state index in [1.54, 1.807) is 0 Å². The first-order valence-electron chi connectivity index (χ1n) is 12.7. The second-order valence-corrected chi connectivity index (χ2v) is 19.6. The molecule has 37 heavy (non-hydrogen) atoms. The fourth-order valence-electron chi connectivity index (χ4n) is 6.12. The molecule has 0 saturated heterocycles. The summed E-state index contributed by atoms with van der Waals surface area (Å²) in [7, 11) is 13.6. The molecule has 184 valence electrons. The van der Waals surface area contributed by atoms with E-state index in [1.807, 2.05) is 0 Å². The summed E-state index contributed by atoms with van der Waals surface area (Å²) >= 11 is -3.58. The van der Waals surface area contributed by atoms with Crippen molar-refractivity contribution >= 4 is 29.4 Å². The van der Waals surface area contributed by atoms with E-state index in [0.29, 0.717) is 4.73 Å². The van der Waals surface area contributed by atoms with Crippen molar-refractivity contribution in [1.82, 2.24) is 0 Å². The van der Waals surface area contributed by atoms with Gasteiger partial charge < -0.3 is 0 Å². The van der Waals surface area contributed by atoms with Crippen LogP contribution in [0.4, 0.5) is 0 Å². The molecule has 0 heterocycles. The number of hydrogen-bond acceptors (Lipinski definition) is 1. The molecule has 1 aliphatic rings. The Kier molecular flexibility index (Phi) is 6.34.